The van der Waals surface area contributed by atoms with Gasteiger partial charge in [0.1, 0.15) is 0 Å². The minimum absolute atomic E-state index is 0.270. The van der Waals surface area contributed by atoms with Crippen LogP contribution in [-0.4, -0.2) is 22.9 Å². The Morgan fingerprint density at radius 2 is 2.13 bits per heavy atom. The maximum absolute atomic E-state index is 10.5. The summed E-state index contributed by atoms with van der Waals surface area (Å²) < 4.78 is 6.09. The second kappa shape index (κ2) is 4.06. The highest BCUT2D eigenvalue weighted by atomic mass is 16.5. The van der Waals surface area contributed by atoms with Gasteiger partial charge in [0.15, 0.2) is 0 Å². The minimum atomic E-state index is -0.496. The average molecular weight is 212 g/mol. The lowest BCUT2D eigenvalue weighted by molar-refractivity contribution is -0.195. The van der Waals surface area contributed by atoms with Crippen LogP contribution in [0.5, 0.6) is 0 Å². The molecule has 2 aliphatic rings. The van der Waals surface area contributed by atoms with Crippen LogP contribution in [0, 0.1) is 11.8 Å². The summed E-state index contributed by atoms with van der Waals surface area (Å²) in [6.45, 7) is 6.45. The molecule has 0 spiro atoms. The quantitative estimate of drug-likeness (QED) is 0.724. The van der Waals surface area contributed by atoms with Gasteiger partial charge in [-0.2, -0.15) is 0 Å². The van der Waals surface area contributed by atoms with Crippen molar-refractivity contribution in [3.05, 3.63) is 0 Å². The van der Waals surface area contributed by atoms with Crippen molar-refractivity contribution in [1.29, 1.82) is 0 Å². The molecule has 0 aromatic carbocycles. The van der Waals surface area contributed by atoms with Crippen molar-refractivity contribution < 1.29 is 9.84 Å². The van der Waals surface area contributed by atoms with Crippen LogP contribution in [0.15, 0.2) is 0 Å². The topological polar surface area (TPSA) is 29.5 Å². The molecule has 0 bridgehead atoms. The monoisotopic (exact) mass is 212 g/mol. The Morgan fingerprint density at radius 3 is 2.80 bits per heavy atom. The Labute approximate surface area is 93.0 Å². The molecular formula is C13H24O2. The largest absolute Gasteiger partial charge is 0.390 e. The Balaban J connectivity index is 2.10. The third kappa shape index (κ3) is 2.21. The predicted molar refractivity (Wildman–Crippen MR) is 60.7 cm³/mol. The van der Waals surface area contributed by atoms with E-state index in [1.54, 1.807) is 0 Å². The molecule has 1 aliphatic heterocycles. The molecule has 2 nitrogen and oxygen atoms in total. The van der Waals surface area contributed by atoms with Gasteiger partial charge in [0, 0.05) is 12.3 Å². The van der Waals surface area contributed by atoms with E-state index in [4.69, 9.17) is 4.74 Å². The van der Waals surface area contributed by atoms with E-state index < -0.39 is 5.60 Å². The summed E-state index contributed by atoms with van der Waals surface area (Å²) in [5.74, 6) is 1.13. The Bertz CT molecular complexity index is 225. The summed E-state index contributed by atoms with van der Waals surface area (Å²) >= 11 is 0. The van der Waals surface area contributed by atoms with Gasteiger partial charge in [-0.05, 0) is 32.1 Å². The molecule has 0 aromatic rings. The van der Waals surface area contributed by atoms with Crippen molar-refractivity contribution in [3.63, 3.8) is 0 Å². The Morgan fingerprint density at radius 1 is 1.40 bits per heavy atom. The fraction of sp³-hybridized carbons (Fsp3) is 1.00. The van der Waals surface area contributed by atoms with Crippen molar-refractivity contribution in [2.24, 2.45) is 11.8 Å². The van der Waals surface area contributed by atoms with Crippen LogP contribution >= 0.6 is 0 Å². The molecule has 5 atom stereocenters. The molecule has 2 fully saturated rings. The zero-order valence-corrected chi connectivity index (χ0v) is 10.2. The molecule has 5 unspecified atom stereocenters. The molecule has 2 heteroatoms. The average Bonchev–Trinajstić information content (AvgIpc) is 2.15. The molecule has 1 saturated carbocycles. The number of ether oxygens (including phenoxy) is 1. The molecule has 0 amide bonds. The van der Waals surface area contributed by atoms with Gasteiger partial charge in [-0.3, -0.25) is 0 Å². The molecule has 0 radical (unpaired) electrons. The summed E-state index contributed by atoms with van der Waals surface area (Å²) in [6.07, 6.45) is 5.94. The lowest BCUT2D eigenvalue weighted by atomic mass is 9.69. The first-order valence-electron chi connectivity index (χ1n) is 6.40. The van der Waals surface area contributed by atoms with Crippen LogP contribution in [0.2, 0.25) is 0 Å². The first kappa shape index (κ1) is 11.4. The number of rotatable bonds is 1. The van der Waals surface area contributed by atoms with Crippen molar-refractivity contribution in [1.82, 2.24) is 0 Å². The number of hydrogen-bond donors (Lipinski definition) is 1. The molecule has 1 N–H and O–H groups in total. The second-order valence-corrected chi connectivity index (χ2v) is 5.79. The number of hydrogen-bond acceptors (Lipinski definition) is 2. The van der Waals surface area contributed by atoms with Crippen LogP contribution in [0.4, 0.5) is 0 Å². The second-order valence-electron chi connectivity index (χ2n) is 5.79. The van der Waals surface area contributed by atoms with Crippen LogP contribution in [0.3, 0.4) is 0 Å². The van der Waals surface area contributed by atoms with E-state index in [1.807, 2.05) is 6.92 Å². The molecule has 15 heavy (non-hydrogen) atoms. The predicted octanol–water partition coefficient (Wildman–Crippen LogP) is 2.74. The third-order valence-electron chi connectivity index (χ3n) is 4.32. The van der Waals surface area contributed by atoms with Gasteiger partial charge in [-0.25, -0.2) is 0 Å². The highest BCUT2D eigenvalue weighted by molar-refractivity contribution is 4.96. The first-order valence-corrected chi connectivity index (χ1v) is 6.40. The van der Waals surface area contributed by atoms with E-state index in [9.17, 15) is 5.11 Å². The molecular weight excluding hydrogens is 188 g/mol. The van der Waals surface area contributed by atoms with Gasteiger partial charge in [0.2, 0.25) is 0 Å². The molecule has 0 aromatic heterocycles. The molecule has 2 rings (SSSR count). The fourth-order valence-electron chi connectivity index (χ4n) is 3.34. The highest BCUT2D eigenvalue weighted by Crippen LogP contribution is 2.44. The zero-order chi connectivity index (χ0) is 11.1. The smallest absolute Gasteiger partial charge is 0.0697 e. The molecule has 88 valence electrons. The maximum Gasteiger partial charge on any atom is 0.0697 e. The van der Waals surface area contributed by atoms with Crippen LogP contribution < -0.4 is 0 Å². The summed E-state index contributed by atoms with van der Waals surface area (Å²) in [5.41, 5.74) is -0.496. The fourth-order valence-corrected chi connectivity index (χ4v) is 3.34. The molecule has 1 saturated heterocycles. The van der Waals surface area contributed by atoms with Gasteiger partial charge in [-0.15, -0.1) is 0 Å². The van der Waals surface area contributed by atoms with Gasteiger partial charge < -0.3 is 9.84 Å². The summed E-state index contributed by atoms with van der Waals surface area (Å²) in [5, 5.41) is 10.5. The van der Waals surface area contributed by atoms with Gasteiger partial charge in [-0.1, -0.05) is 20.3 Å². The van der Waals surface area contributed by atoms with Crippen LogP contribution in [-0.2, 0) is 4.74 Å². The van der Waals surface area contributed by atoms with E-state index in [0.717, 1.165) is 31.6 Å². The number of aliphatic hydroxyl groups is 1. The van der Waals surface area contributed by atoms with Crippen molar-refractivity contribution in [2.75, 3.05) is 0 Å². The molecule has 1 aliphatic carbocycles. The van der Waals surface area contributed by atoms with Gasteiger partial charge >= 0.3 is 0 Å². The Kier molecular flexibility index (Phi) is 3.09. The number of fused-ring (bicyclic) bond motifs is 1. The van der Waals surface area contributed by atoms with E-state index in [1.165, 1.54) is 6.42 Å². The van der Waals surface area contributed by atoms with Crippen molar-refractivity contribution >= 4 is 0 Å². The van der Waals surface area contributed by atoms with Crippen molar-refractivity contribution in [3.8, 4) is 0 Å². The van der Waals surface area contributed by atoms with E-state index in [0.29, 0.717) is 12.0 Å². The Hall–Kier alpha value is -0.0800. The molecule has 1 heterocycles. The zero-order valence-electron chi connectivity index (χ0n) is 10.2. The normalized spacial score (nSPS) is 51.2. The van der Waals surface area contributed by atoms with E-state index in [2.05, 4.69) is 13.8 Å². The summed E-state index contributed by atoms with van der Waals surface area (Å²) in [4.78, 5) is 0. The summed E-state index contributed by atoms with van der Waals surface area (Å²) in [6, 6.07) is 0. The lowest BCUT2D eigenvalue weighted by Gasteiger charge is -2.49. The van der Waals surface area contributed by atoms with Gasteiger partial charge in [0.05, 0.1) is 17.8 Å². The standard InChI is InChI=1S/C13H24O2/c1-4-10-8-13(3,14)11-6-5-9(2)7-12(11)15-10/h9-12,14H,4-8H2,1-3H3. The van der Waals surface area contributed by atoms with E-state index >= 15 is 0 Å². The lowest BCUT2D eigenvalue weighted by Crippen LogP contribution is -2.53. The summed E-state index contributed by atoms with van der Waals surface area (Å²) in [7, 11) is 0. The highest BCUT2D eigenvalue weighted by Gasteiger charge is 2.46. The van der Waals surface area contributed by atoms with Gasteiger partial charge in [0.25, 0.3) is 0 Å². The van der Waals surface area contributed by atoms with Crippen LogP contribution in [0.25, 0.3) is 0 Å². The van der Waals surface area contributed by atoms with E-state index in [-0.39, 0.29) is 6.10 Å². The minimum Gasteiger partial charge on any atom is -0.390 e. The van der Waals surface area contributed by atoms with Crippen LogP contribution in [0.1, 0.15) is 52.9 Å². The SMILES string of the molecule is CCC1CC(C)(O)C2CCC(C)CC2O1. The van der Waals surface area contributed by atoms with Crippen molar-refractivity contribution in [2.45, 2.75) is 70.7 Å². The first-order chi connectivity index (χ1) is 7.03. The third-order valence-corrected chi connectivity index (χ3v) is 4.32. The maximum atomic E-state index is 10.5.